The Morgan fingerprint density at radius 2 is 1.74 bits per heavy atom. The number of ether oxygens (including phenoxy) is 1. The zero-order valence-electron chi connectivity index (χ0n) is 16.6. The van der Waals surface area contributed by atoms with Gasteiger partial charge < -0.3 is 19.8 Å². The summed E-state index contributed by atoms with van der Waals surface area (Å²) in [6.45, 7) is 2.54. The average molecular weight is 433 g/mol. The smallest absolute Gasteiger partial charge is 0.291 e. The Morgan fingerprint density at radius 3 is 2.42 bits per heavy atom. The van der Waals surface area contributed by atoms with Crippen molar-refractivity contribution in [2.24, 2.45) is 0 Å². The molecule has 2 heterocycles. The molecule has 0 atom stereocenters. The van der Waals surface area contributed by atoms with Gasteiger partial charge in [0.25, 0.3) is 11.8 Å². The third kappa shape index (κ3) is 4.99. The summed E-state index contributed by atoms with van der Waals surface area (Å²) in [7, 11) is 0. The van der Waals surface area contributed by atoms with E-state index in [-0.39, 0.29) is 17.6 Å². The van der Waals surface area contributed by atoms with E-state index in [0.717, 1.165) is 16.3 Å². The molecule has 0 spiro atoms. The number of amides is 2. The van der Waals surface area contributed by atoms with Crippen LogP contribution in [0.3, 0.4) is 0 Å². The standard InChI is InChI=1S/C23H19N3O4S/c1-2-29-18-10-8-15(9-11-18)23-26-19(14-31-23)21(27)24-16-5-3-6-17(13-16)25-22(28)20-7-4-12-30-20/h3-14H,2H2,1H3,(H,24,27)(H,25,28). The van der Waals surface area contributed by atoms with E-state index in [1.54, 1.807) is 41.8 Å². The van der Waals surface area contributed by atoms with Crippen LogP contribution in [0.1, 0.15) is 28.0 Å². The molecular weight excluding hydrogens is 414 g/mol. The van der Waals surface area contributed by atoms with Crippen molar-refractivity contribution >= 4 is 34.5 Å². The molecule has 0 saturated carbocycles. The van der Waals surface area contributed by atoms with Crippen molar-refractivity contribution in [1.29, 1.82) is 0 Å². The quantitative estimate of drug-likeness (QED) is 0.412. The second kappa shape index (κ2) is 9.27. The van der Waals surface area contributed by atoms with Crippen molar-refractivity contribution in [3.05, 3.63) is 83.8 Å². The predicted octanol–water partition coefficient (Wildman–Crippen LogP) is 5.31. The summed E-state index contributed by atoms with van der Waals surface area (Å²) in [5.41, 5.74) is 2.31. The van der Waals surface area contributed by atoms with Gasteiger partial charge >= 0.3 is 0 Å². The Morgan fingerprint density at radius 1 is 1.00 bits per heavy atom. The highest BCUT2D eigenvalue weighted by molar-refractivity contribution is 7.13. The van der Waals surface area contributed by atoms with Gasteiger partial charge in [0, 0.05) is 22.3 Å². The van der Waals surface area contributed by atoms with Gasteiger partial charge in [-0.2, -0.15) is 0 Å². The number of carbonyl (C=O) groups excluding carboxylic acids is 2. The number of aromatic nitrogens is 1. The number of carbonyl (C=O) groups is 2. The van der Waals surface area contributed by atoms with Crippen LogP contribution < -0.4 is 15.4 Å². The summed E-state index contributed by atoms with van der Waals surface area (Å²) >= 11 is 1.39. The molecule has 2 aromatic heterocycles. The van der Waals surface area contributed by atoms with E-state index in [2.05, 4.69) is 15.6 Å². The first-order valence-corrected chi connectivity index (χ1v) is 10.5. The van der Waals surface area contributed by atoms with Crippen molar-refractivity contribution < 1.29 is 18.7 Å². The lowest BCUT2D eigenvalue weighted by atomic mass is 10.2. The summed E-state index contributed by atoms with van der Waals surface area (Å²) in [5, 5.41) is 7.99. The maximum atomic E-state index is 12.6. The van der Waals surface area contributed by atoms with Crippen molar-refractivity contribution in [3.8, 4) is 16.3 Å². The minimum Gasteiger partial charge on any atom is -0.494 e. The minimum atomic E-state index is -0.368. The third-order valence-electron chi connectivity index (χ3n) is 4.27. The van der Waals surface area contributed by atoms with Gasteiger partial charge in [0.05, 0.1) is 12.9 Å². The molecule has 31 heavy (non-hydrogen) atoms. The maximum absolute atomic E-state index is 12.6. The number of benzene rings is 2. The normalized spacial score (nSPS) is 10.5. The Labute approximate surface area is 182 Å². The van der Waals surface area contributed by atoms with Crippen molar-refractivity contribution in [3.63, 3.8) is 0 Å². The van der Waals surface area contributed by atoms with Crippen LogP contribution >= 0.6 is 11.3 Å². The first-order valence-electron chi connectivity index (χ1n) is 9.57. The monoisotopic (exact) mass is 433 g/mol. The number of anilines is 2. The van der Waals surface area contributed by atoms with Gasteiger partial charge in [0.2, 0.25) is 0 Å². The first-order chi connectivity index (χ1) is 15.1. The van der Waals surface area contributed by atoms with Crippen LogP contribution in [-0.2, 0) is 0 Å². The molecule has 0 bridgehead atoms. The summed E-state index contributed by atoms with van der Waals surface area (Å²) < 4.78 is 10.5. The van der Waals surface area contributed by atoms with E-state index < -0.39 is 0 Å². The number of hydrogen-bond acceptors (Lipinski definition) is 6. The van der Waals surface area contributed by atoms with Gasteiger partial charge in [-0.1, -0.05) is 6.07 Å². The van der Waals surface area contributed by atoms with E-state index in [9.17, 15) is 9.59 Å². The highest BCUT2D eigenvalue weighted by Crippen LogP contribution is 2.26. The molecule has 4 rings (SSSR count). The van der Waals surface area contributed by atoms with Crippen LogP contribution in [0.5, 0.6) is 5.75 Å². The van der Waals surface area contributed by atoms with Crippen LogP contribution in [0.2, 0.25) is 0 Å². The second-order valence-corrected chi connectivity index (χ2v) is 7.32. The topological polar surface area (TPSA) is 93.5 Å². The van der Waals surface area contributed by atoms with E-state index in [1.807, 2.05) is 31.2 Å². The van der Waals surface area contributed by atoms with Gasteiger partial charge in [-0.25, -0.2) is 4.98 Å². The van der Waals surface area contributed by atoms with E-state index >= 15 is 0 Å². The molecule has 8 heteroatoms. The number of nitrogens with one attached hydrogen (secondary N) is 2. The Hall–Kier alpha value is -3.91. The highest BCUT2D eigenvalue weighted by Gasteiger charge is 2.13. The van der Waals surface area contributed by atoms with Crippen LogP contribution in [0.4, 0.5) is 11.4 Å². The maximum Gasteiger partial charge on any atom is 0.291 e. The summed E-state index contributed by atoms with van der Waals surface area (Å²) in [6.07, 6.45) is 1.43. The molecule has 156 valence electrons. The molecule has 0 fully saturated rings. The molecule has 7 nitrogen and oxygen atoms in total. The summed E-state index contributed by atoms with van der Waals surface area (Å²) in [4.78, 5) is 29.2. The predicted molar refractivity (Wildman–Crippen MR) is 120 cm³/mol. The van der Waals surface area contributed by atoms with Crippen LogP contribution in [0.25, 0.3) is 10.6 Å². The number of furan rings is 1. The number of thiazole rings is 1. The molecule has 0 aliphatic carbocycles. The Bertz CT molecular complexity index is 1180. The molecule has 2 amide bonds. The van der Waals surface area contributed by atoms with Crippen LogP contribution in [0.15, 0.2) is 76.7 Å². The lowest BCUT2D eigenvalue weighted by Crippen LogP contribution is -2.14. The van der Waals surface area contributed by atoms with Crippen molar-refractivity contribution in [2.45, 2.75) is 6.92 Å². The van der Waals surface area contributed by atoms with E-state index in [0.29, 0.717) is 23.7 Å². The van der Waals surface area contributed by atoms with Gasteiger partial charge in [0.15, 0.2) is 5.76 Å². The Kier molecular flexibility index (Phi) is 6.09. The fourth-order valence-electron chi connectivity index (χ4n) is 2.84. The van der Waals surface area contributed by atoms with Gasteiger partial charge in [-0.3, -0.25) is 9.59 Å². The molecule has 0 unspecified atom stereocenters. The lowest BCUT2D eigenvalue weighted by molar-refractivity contribution is 0.0994. The fraction of sp³-hybridized carbons (Fsp3) is 0.0870. The summed E-state index contributed by atoms with van der Waals surface area (Å²) in [5.74, 6) is 0.300. The lowest BCUT2D eigenvalue weighted by Gasteiger charge is -2.07. The molecule has 4 aromatic rings. The number of hydrogen-bond donors (Lipinski definition) is 2. The molecule has 0 saturated heterocycles. The zero-order valence-corrected chi connectivity index (χ0v) is 17.4. The molecule has 0 aliphatic rings. The average Bonchev–Trinajstić information content (AvgIpc) is 3.47. The Balaban J connectivity index is 1.42. The fourth-order valence-corrected chi connectivity index (χ4v) is 3.65. The molecule has 0 radical (unpaired) electrons. The zero-order chi connectivity index (χ0) is 21.6. The molecule has 0 aliphatic heterocycles. The van der Waals surface area contributed by atoms with Gasteiger partial charge in [-0.05, 0) is 61.5 Å². The molecule has 2 aromatic carbocycles. The van der Waals surface area contributed by atoms with Crippen LogP contribution in [0, 0.1) is 0 Å². The first kappa shape index (κ1) is 20.4. The van der Waals surface area contributed by atoms with Gasteiger partial charge in [-0.15, -0.1) is 11.3 Å². The van der Waals surface area contributed by atoms with E-state index in [1.165, 1.54) is 17.6 Å². The summed E-state index contributed by atoms with van der Waals surface area (Å²) in [6, 6.07) is 17.7. The second-order valence-electron chi connectivity index (χ2n) is 6.46. The number of nitrogens with zero attached hydrogens (tertiary/aromatic N) is 1. The van der Waals surface area contributed by atoms with Crippen molar-refractivity contribution in [1.82, 2.24) is 4.98 Å². The van der Waals surface area contributed by atoms with E-state index in [4.69, 9.17) is 9.15 Å². The van der Waals surface area contributed by atoms with Crippen molar-refractivity contribution in [2.75, 3.05) is 17.2 Å². The SMILES string of the molecule is CCOc1ccc(-c2nc(C(=O)Nc3cccc(NC(=O)c4ccco4)c3)cs2)cc1. The number of rotatable bonds is 7. The minimum absolute atomic E-state index is 0.207. The van der Waals surface area contributed by atoms with Gasteiger partial charge in [0.1, 0.15) is 16.5 Å². The highest BCUT2D eigenvalue weighted by atomic mass is 32.1. The largest absolute Gasteiger partial charge is 0.494 e. The van der Waals surface area contributed by atoms with Crippen LogP contribution in [-0.4, -0.2) is 23.4 Å². The third-order valence-corrected chi connectivity index (χ3v) is 5.16. The molecule has 2 N–H and O–H groups in total. The molecular formula is C23H19N3O4S.